The molecular formula is C15H27N. The van der Waals surface area contributed by atoms with Crippen LogP contribution in [-0.4, -0.2) is 24.5 Å². The molecule has 0 atom stereocenters. The van der Waals surface area contributed by atoms with Crippen molar-refractivity contribution < 1.29 is 0 Å². The van der Waals surface area contributed by atoms with Gasteiger partial charge in [-0.3, -0.25) is 4.90 Å². The molecule has 1 heteroatoms. The quantitative estimate of drug-likeness (QED) is 0.680. The zero-order chi connectivity index (χ0) is 11.8. The van der Waals surface area contributed by atoms with Gasteiger partial charge in [0.2, 0.25) is 0 Å². The molecule has 0 bridgehead atoms. The molecule has 1 fully saturated rings. The van der Waals surface area contributed by atoms with Crippen molar-refractivity contribution in [1.29, 1.82) is 0 Å². The van der Waals surface area contributed by atoms with E-state index in [4.69, 9.17) is 0 Å². The van der Waals surface area contributed by atoms with Crippen molar-refractivity contribution in [2.75, 3.05) is 19.6 Å². The van der Waals surface area contributed by atoms with Gasteiger partial charge in [-0.05, 0) is 50.3 Å². The molecule has 2 rings (SSSR count). The monoisotopic (exact) mass is 221 g/mol. The minimum Gasteiger partial charge on any atom is -0.299 e. The Kier molecular flexibility index (Phi) is 6.47. The number of piperidine rings is 1. The van der Waals surface area contributed by atoms with Crippen LogP contribution in [0.15, 0.2) is 23.8 Å². The summed E-state index contributed by atoms with van der Waals surface area (Å²) in [6.45, 7) is 10.2. The van der Waals surface area contributed by atoms with Crippen molar-refractivity contribution >= 4 is 0 Å². The summed E-state index contributed by atoms with van der Waals surface area (Å²) in [5.74, 6) is 0.946. The highest BCUT2D eigenvalue weighted by atomic mass is 15.1. The van der Waals surface area contributed by atoms with E-state index in [9.17, 15) is 0 Å². The molecule has 2 aliphatic rings. The van der Waals surface area contributed by atoms with E-state index in [0.29, 0.717) is 0 Å². The lowest BCUT2D eigenvalue weighted by molar-refractivity contribution is 0.207. The van der Waals surface area contributed by atoms with Crippen LogP contribution < -0.4 is 0 Å². The topological polar surface area (TPSA) is 3.24 Å². The highest BCUT2D eigenvalue weighted by Crippen LogP contribution is 2.18. The molecule has 1 nitrogen and oxygen atoms in total. The standard InChI is InChI=1S/C13H21N.C2H6/c1-12-7-9-14(10-8-12)11-13-5-3-2-4-6-13;1-2/h3,5-6,12H,2,4,7-11H2,1H3;1-2H3. The summed E-state index contributed by atoms with van der Waals surface area (Å²) in [4.78, 5) is 2.60. The molecule has 1 aliphatic carbocycles. The normalized spacial score (nSPS) is 22.3. The average molecular weight is 221 g/mol. The van der Waals surface area contributed by atoms with E-state index in [1.165, 1.54) is 50.9 Å². The fourth-order valence-corrected chi connectivity index (χ4v) is 2.26. The number of hydrogen-bond acceptors (Lipinski definition) is 1. The predicted octanol–water partition coefficient (Wildman–Crippen LogP) is 4.02. The van der Waals surface area contributed by atoms with Crippen LogP contribution in [0.2, 0.25) is 0 Å². The number of allylic oxidation sites excluding steroid dienone is 2. The molecule has 92 valence electrons. The molecule has 16 heavy (non-hydrogen) atoms. The number of rotatable bonds is 2. The summed E-state index contributed by atoms with van der Waals surface area (Å²) in [5.41, 5.74) is 1.53. The molecule has 0 saturated carbocycles. The second-order valence-corrected chi connectivity index (χ2v) is 4.72. The number of nitrogens with zero attached hydrogens (tertiary/aromatic N) is 1. The fraction of sp³-hybridized carbons (Fsp3) is 0.733. The van der Waals surface area contributed by atoms with Crippen LogP contribution in [0.3, 0.4) is 0 Å². The van der Waals surface area contributed by atoms with E-state index in [-0.39, 0.29) is 0 Å². The van der Waals surface area contributed by atoms with Crippen molar-refractivity contribution in [3.05, 3.63) is 23.8 Å². The van der Waals surface area contributed by atoms with Gasteiger partial charge in [0.1, 0.15) is 0 Å². The van der Waals surface area contributed by atoms with Crippen LogP contribution in [0.5, 0.6) is 0 Å². The molecule has 0 N–H and O–H groups in total. The van der Waals surface area contributed by atoms with E-state index in [1.54, 1.807) is 0 Å². The van der Waals surface area contributed by atoms with E-state index in [0.717, 1.165) is 5.92 Å². The molecule has 0 aromatic heterocycles. The second-order valence-electron chi connectivity index (χ2n) is 4.72. The van der Waals surface area contributed by atoms with Crippen molar-refractivity contribution in [3.8, 4) is 0 Å². The molecule has 1 aliphatic heterocycles. The molecular weight excluding hydrogens is 194 g/mol. The molecule has 0 spiro atoms. The second kappa shape index (κ2) is 7.67. The first-order valence-electron chi connectivity index (χ1n) is 6.92. The van der Waals surface area contributed by atoms with Crippen LogP contribution >= 0.6 is 0 Å². The van der Waals surface area contributed by atoms with Gasteiger partial charge in [0.25, 0.3) is 0 Å². The van der Waals surface area contributed by atoms with Gasteiger partial charge in [-0.25, -0.2) is 0 Å². The molecule has 1 heterocycles. The highest BCUT2D eigenvalue weighted by molar-refractivity contribution is 5.23. The van der Waals surface area contributed by atoms with Crippen molar-refractivity contribution in [2.45, 2.75) is 46.5 Å². The maximum absolute atomic E-state index is 2.60. The zero-order valence-electron chi connectivity index (χ0n) is 11.2. The Labute approximate surface area is 101 Å². The third kappa shape index (κ3) is 4.52. The van der Waals surface area contributed by atoms with E-state index in [1.807, 2.05) is 13.8 Å². The highest BCUT2D eigenvalue weighted by Gasteiger charge is 2.15. The largest absolute Gasteiger partial charge is 0.299 e. The van der Waals surface area contributed by atoms with Crippen molar-refractivity contribution in [3.63, 3.8) is 0 Å². The lowest BCUT2D eigenvalue weighted by atomic mass is 9.98. The van der Waals surface area contributed by atoms with Gasteiger partial charge in [0, 0.05) is 6.54 Å². The van der Waals surface area contributed by atoms with Crippen LogP contribution in [0, 0.1) is 5.92 Å². The van der Waals surface area contributed by atoms with Gasteiger partial charge in [-0.1, -0.05) is 39.0 Å². The average Bonchev–Trinajstić information content (AvgIpc) is 2.36. The number of hydrogen-bond donors (Lipinski definition) is 0. The smallest absolute Gasteiger partial charge is 0.0230 e. The first kappa shape index (κ1) is 13.5. The first-order chi connectivity index (χ1) is 7.84. The predicted molar refractivity (Wildman–Crippen MR) is 72.6 cm³/mol. The SMILES string of the molecule is CC.CC1CCN(CC2=CCCC=C2)CC1. The van der Waals surface area contributed by atoms with Crippen LogP contribution in [-0.2, 0) is 0 Å². The maximum atomic E-state index is 2.60. The summed E-state index contributed by atoms with van der Waals surface area (Å²) in [7, 11) is 0. The minimum atomic E-state index is 0.946. The first-order valence-corrected chi connectivity index (χ1v) is 6.92. The van der Waals surface area contributed by atoms with Crippen molar-refractivity contribution in [1.82, 2.24) is 4.90 Å². The van der Waals surface area contributed by atoms with E-state index < -0.39 is 0 Å². The fourth-order valence-electron chi connectivity index (χ4n) is 2.26. The summed E-state index contributed by atoms with van der Waals surface area (Å²) >= 11 is 0. The van der Waals surface area contributed by atoms with Gasteiger partial charge in [0.05, 0.1) is 0 Å². The summed E-state index contributed by atoms with van der Waals surface area (Å²) in [6, 6.07) is 0. The van der Waals surface area contributed by atoms with Crippen LogP contribution in [0.4, 0.5) is 0 Å². The summed E-state index contributed by atoms with van der Waals surface area (Å²) < 4.78 is 0. The summed E-state index contributed by atoms with van der Waals surface area (Å²) in [6.07, 6.45) is 12.3. The van der Waals surface area contributed by atoms with Crippen molar-refractivity contribution in [2.24, 2.45) is 5.92 Å². The molecule has 0 aromatic rings. The molecule has 0 unspecified atom stereocenters. The maximum Gasteiger partial charge on any atom is 0.0230 e. The Bertz CT molecular complexity index is 232. The van der Waals surface area contributed by atoms with Crippen LogP contribution in [0.25, 0.3) is 0 Å². The van der Waals surface area contributed by atoms with Gasteiger partial charge in [-0.2, -0.15) is 0 Å². The van der Waals surface area contributed by atoms with Crippen LogP contribution in [0.1, 0.15) is 46.5 Å². The third-order valence-electron chi connectivity index (χ3n) is 3.35. The van der Waals surface area contributed by atoms with Gasteiger partial charge < -0.3 is 0 Å². The summed E-state index contributed by atoms with van der Waals surface area (Å²) in [5, 5.41) is 0. The van der Waals surface area contributed by atoms with Gasteiger partial charge in [-0.15, -0.1) is 0 Å². The Morgan fingerprint density at radius 3 is 2.44 bits per heavy atom. The van der Waals surface area contributed by atoms with Gasteiger partial charge >= 0.3 is 0 Å². The Morgan fingerprint density at radius 1 is 1.19 bits per heavy atom. The minimum absolute atomic E-state index is 0.946. The Morgan fingerprint density at radius 2 is 1.88 bits per heavy atom. The Balaban J connectivity index is 0.000000606. The zero-order valence-corrected chi connectivity index (χ0v) is 11.2. The van der Waals surface area contributed by atoms with Gasteiger partial charge in [0.15, 0.2) is 0 Å². The third-order valence-corrected chi connectivity index (χ3v) is 3.35. The van der Waals surface area contributed by atoms with E-state index >= 15 is 0 Å². The molecule has 0 radical (unpaired) electrons. The molecule has 0 amide bonds. The van der Waals surface area contributed by atoms with E-state index in [2.05, 4.69) is 30.1 Å². The lowest BCUT2D eigenvalue weighted by Crippen LogP contribution is -2.34. The Hall–Kier alpha value is -0.560. The molecule has 0 aromatic carbocycles. The lowest BCUT2D eigenvalue weighted by Gasteiger charge is -2.30. The molecule has 1 saturated heterocycles. The number of likely N-dealkylation sites (tertiary alicyclic amines) is 1.